The zero-order valence-electron chi connectivity index (χ0n) is 19.6. The molecule has 37 heavy (non-hydrogen) atoms. The predicted molar refractivity (Wildman–Crippen MR) is 142 cm³/mol. The third-order valence-corrected chi connectivity index (χ3v) is 6.04. The number of para-hydroxylation sites is 1. The Morgan fingerprint density at radius 3 is 2.16 bits per heavy atom. The fourth-order valence-electron chi connectivity index (χ4n) is 3.48. The quantitative estimate of drug-likeness (QED) is 0.286. The number of anilines is 3. The molecule has 2 N–H and O–H groups in total. The van der Waals surface area contributed by atoms with Crippen molar-refractivity contribution in [3.05, 3.63) is 99.7 Å². The Hall–Kier alpha value is -4.14. The molecule has 0 atom stereocenters. The van der Waals surface area contributed by atoms with Crippen molar-refractivity contribution >= 4 is 64.0 Å². The second kappa shape index (κ2) is 11.3. The maximum absolute atomic E-state index is 13.0. The van der Waals surface area contributed by atoms with Crippen LogP contribution in [0.15, 0.2) is 83.5 Å². The fraction of sp³-hybridized carbons (Fsp3) is 0.111. The third kappa shape index (κ3) is 5.66. The molecule has 188 valence electrons. The summed E-state index contributed by atoms with van der Waals surface area (Å²) in [7, 11) is 0. The Kier molecular flexibility index (Phi) is 7.91. The van der Waals surface area contributed by atoms with E-state index in [1.165, 1.54) is 24.3 Å². The van der Waals surface area contributed by atoms with Crippen molar-refractivity contribution in [1.29, 1.82) is 0 Å². The van der Waals surface area contributed by atoms with Gasteiger partial charge >= 0.3 is 5.97 Å². The summed E-state index contributed by atoms with van der Waals surface area (Å²) in [5.41, 5.74) is 1.73. The van der Waals surface area contributed by atoms with Gasteiger partial charge in [-0.05, 0) is 67.1 Å². The molecular formula is C27H21Cl2N3O5. The third-order valence-electron chi connectivity index (χ3n) is 5.36. The maximum atomic E-state index is 13.0. The number of esters is 1. The Morgan fingerprint density at radius 1 is 0.865 bits per heavy atom. The highest BCUT2D eigenvalue weighted by molar-refractivity contribution is 6.53. The molecule has 3 amide bonds. The molecule has 0 spiro atoms. The molecule has 0 unspecified atom stereocenters. The summed E-state index contributed by atoms with van der Waals surface area (Å²) in [6.45, 7) is 2.18. The van der Waals surface area contributed by atoms with Crippen LogP contribution in [0.2, 0.25) is 5.02 Å². The van der Waals surface area contributed by atoms with Crippen LogP contribution in [0.25, 0.3) is 0 Å². The lowest BCUT2D eigenvalue weighted by molar-refractivity contribution is -0.120. The SMILES string of the molecule is CCCOC(=O)c1ccc(N2C(=O)C(Cl)=C(Nc3ccc(C(=O)Nc4ccccc4Cl)cc3)C2=O)cc1. The van der Waals surface area contributed by atoms with Gasteiger partial charge in [-0.1, -0.05) is 42.3 Å². The maximum Gasteiger partial charge on any atom is 0.338 e. The first kappa shape index (κ1) is 25.9. The van der Waals surface area contributed by atoms with Gasteiger partial charge in [-0.2, -0.15) is 0 Å². The Balaban J connectivity index is 1.44. The van der Waals surface area contributed by atoms with Crippen LogP contribution in [0.3, 0.4) is 0 Å². The molecule has 0 saturated carbocycles. The molecule has 0 aliphatic carbocycles. The molecule has 0 aromatic heterocycles. The summed E-state index contributed by atoms with van der Waals surface area (Å²) in [5, 5.41) is 5.72. The topological polar surface area (TPSA) is 105 Å². The standard InChI is InChI=1S/C27H21Cl2N3O5/c1-2-15-37-27(36)17-9-13-19(14-10-17)32-25(34)22(29)23(26(32)35)30-18-11-7-16(8-12-18)24(33)31-21-6-4-3-5-20(21)28/h3-14,30H,2,15H2,1H3,(H,31,33). The van der Waals surface area contributed by atoms with Crippen molar-refractivity contribution in [3.63, 3.8) is 0 Å². The number of rotatable bonds is 8. The molecule has 4 rings (SSSR count). The highest BCUT2D eigenvalue weighted by atomic mass is 35.5. The van der Waals surface area contributed by atoms with E-state index in [4.69, 9.17) is 27.9 Å². The zero-order valence-corrected chi connectivity index (χ0v) is 21.1. The molecule has 0 fully saturated rings. The minimum atomic E-state index is -0.703. The van der Waals surface area contributed by atoms with Gasteiger partial charge in [0.1, 0.15) is 10.7 Å². The number of carbonyl (C=O) groups is 4. The number of ether oxygens (including phenoxy) is 1. The first-order valence-electron chi connectivity index (χ1n) is 11.3. The van der Waals surface area contributed by atoms with E-state index in [1.807, 2.05) is 6.92 Å². The molecule has 1 heterocycles. The van der Waals surface area contributed by atoms with Gasteiger partial charge in [0.05, 0.1) is 28.6 Å². The number of benzene rings is 3. The molecule has 10 heteroatoms. The second-order valence-electron chi connectivity index (χ2n) is 7.95. The minimum Gasteiger partial charge on any atom is -0.462 e. The van der Waals surface area contributed by atoms with Gasteiger partial charge in [0.2, 0.25) is 0 Å². The first-order valence-corrected chi connectivity index (χ1v) is 12.0. The van der Waals surface area contributed by atoms with Crippen LogP contribution in [-0.4, -0.2) is 30.3 Å². The predicted octanol–water partition coefficient (Wildman–Crippen LogP) is 5.59. The highest BCUT2D eigenvalue weighted by Crippen LogP contribution is 2.30. The molecule has 0 saturated heterocycles. The van der Waals surface area contributed by atoms with Crippen LogP contribution in [0, 0.1) is 0 Å². The summed E-state index contributed by atoms with van der Waals surface area (Å²) < 4.78 is 5.09. The number of imide groups is 1. The zero-order chi connectivity index (χ0) is 26.5. The van der Waals surface area contributed by atoms with E-state index < -0.39 is 17.8 Å². The summed E-state index contributed by atoms with van der Waals surface area (Å²) in [6, 6.07) is 19.0. The number of hydrogen-bond acceptors (Lipinski definition) is 6. The summed E-state index contributed by atoms with van der Waals surface area (Å²) >= 11 is 12.3. The van der Waals surface area contributed by atoms with Crippen molar-refractivity contribution < 1.29 is 23.9 Å². The van der Waals surface area contributed by atoms with Gasteiger partial charge in [0, 0.05) is 11.3 Å². The van der Waals surface area contributed by atoms with E-state index in [0.29, 0.717) is 40.6 Å². The van der Waals surface area contributed by atoms with Gasteiger partial charge in [0.25, 0.3) is 17.7 Å². The van der Waals surface area contributed by atoms with Crippen molar-refractivity contribution in [2.75, 3.05) is 22.1 Å². The minimum absolute atomic E-state index is 0.105. The summed E-state index contributed by atoms with van der Waals surface area (Å²) in [6.07, 6.45) is 0.693. The van der Waals surface area contributed by atoms with Gasteiger partial charge in [0.15, 0.2) is 0 Å². The Labute approximate surface area is 222 Å². The normalized spacial score (nSPS) is 13.1. The smallest absolute Gasteiger partial charge is 0.338 e. The van der Waals surface area contributed by atoms with Crippen LogP contribution in [0.1, 0.15) is 34.1 Å². The van der Waals surface area contributed by atoms with Gasteiger partial charge in [-0.3, -0.25) is 14.4 Å². The van der Waals surface area contributed by atoms with E-state index in [1.54, 1.807) is 48.5 Å². The van der Waals surface area contributed by atoms with Crippen LogP contribution in [0.4, 0.5) is 17.1 Å². The molecule has 1 aliphatic rings. The van der Waals surface area contributed by atoms with E-state index >= 15 is 0 Å². The first-order chi connectivity index (χ1) is 17.8. The van der Waals surface area contributed by atoms with Crippen LogP contribution in [0.5, 0.6) is 0 Å². The lowest BCUT2D eigenvalue weighted by Gasteiger charge is -2.15. The number of hydrogen-bond donors (Lipinski definition) is 2. The molecule has 0 radical (unpaired) electrons. The van der Waals surface area contributed by atoms with E-state index in [0.717, 1.165) is 4.90 Å². The number of nitrogens with one attached hydrogen (secondary N) is 2. The average molecular weight is 538 g/mol. The lowest BCUT2D eigenvalue weighted by atomic mass is 10.2. The molecule has 1 aliphatic heterocycles. The largest absolute Gasteiger partial charge is 0.462 e. The fourth-order valence-corrected chi connectivity index (χ4v) is 3.87. The van der Waals surface area contributed by atoms with Gasteiger partial charge < -0.3 is 15.4 Å². The monoisotopic (exact) mass is 537 g/mol. The van der Waals surface area contributed by atoms with Crippen molar-refractivity contribution in [1.82, 2.24) is 0 Å². The van der Waals surface area contributed by atoms with Crippen LogP contribution < -0.4 is 15.5 Å². The Bertz CT molecular complexity index is 1400. The van der Waals surface area contributed by atoms with Crippen molar-refractivity contribution in [3.8, 4) is 0 Å². The number of carbonyl (C=O) groups excluding carboxylic acids is 4. The lowest BCUT2D eigenvalue weighted by Crippen LogP contribution is -2.32. The van der Waals surface area contributed by atoms with Crippen molar-refractivity contribution in [2.45, 2.75) is 13.3 Å². The highest BCUT2D eigenvalue weighted by Gasteiger charge is 2.39. The van der Waals surface area contributed by atoms with Crippen molar-refractivity contribution in [2.24, 2.45) is 0 Å². The van der Waals surface area contributed by atoms with Crippen LogP contribution in [-0.2, 0) is 14.3 Å². The van der Waals surface area contributed by atoms with Gasteiger partial charge in [-0.25, -0.2) is 9.69 Å². The second-order valence-corrected chi connectivity index (χ2v) is 8.74. The number of nitrogens with zero attached hydrogens (tertiary/aromatic N) is 1. The van der Waals surface area contributed by atoms with Crippen LogP contribution >= 0.6 is 23.2 Å². The number of amides is 3. The molecule has 0 bridgehead atoms. The Morgan fingerprint density at radius 2 is 1.51 bits per heavy atom. The number of halogens is 2. The van der Waals surface area contributed by atoms with Gasteiger partial charge in [-0.15, -0.1) is 0 Å². The summed E-state index contributed by atoms with van der Waals surface area (Å²) in [4.78, 5) is 51.2. The van der Waals surface area contributed by atoms with E-state index in [2.05, 4.69) is 10.6 Å². The molecular weight excluding hydrogens is 517 g/mol. The molecule has 3 aromatic carbocycles. The summed E-state index contributed by atoms with van der Waals surface area (Å²) in [5.74, 6) is -2.21. The average Bonchev–Trinajstić information content (AvgIpc) is 3.12. The van der Waals surface area contributed by atoms with E-state index in [9.17, 15) is 19.2 Å². The molecule has 8 nitrogen and oxygen atoms in total. The molecule has 3 aromatic rings. The van der Waals surface area contributed by atoms with E-state index in [-0.39, 0.29) is 22.3 Å².